The van der Waals surface area contributed by atoms with E-state index in [-0.39, 0.29) is 11.0 Å². The van der Waals surface area contributed by atoms with E-state index in [0.717, 1.165) is 12.1 Å². The molecule has 4 nitrogen and oxygen atoms in total. The highest BCUT2D eigenvalue weighted by Crippen LogP contribution is 2.33. The molecule has 0 aliphatic carbocycles. The van der Waals surface area contributed by atoms with E-state index in [1.54, 1.807) is 6.20 Å². The van der Waals surface area contributed by atoms with E-state index in [4.69, 9.17) is 0 Å². The molecule has 1 aromatic heterocycles. The van der Waals surface area contributed by atoms with Crippen LogP contribution in [0, 0.1) is 0 Å². The van der Waals surface area contributed by atoms with E-state index >= 15 is 0 Å². The van der Waals surface area contributed by atoms with E-state index in [9.17, 15) is 18.0 Å². The summed E-state index contributed by atoms with van der Waals surface area (Å²) in [5.41, 5.74) is -0.718. The first-order valence-electron chi connectivity index (χ1n) is 5.50. The van der Waals surface area contributed by atoms with Gasteiger partial charge in [0.2, 0.25) is 0 Å². The summed E-state index contributed by atoms with van der Waals surface area (Å²) in [5.74, 6) is -0.786. The van der Waals surface area contributed by atoms with Crippen LogP contribution in [0.5, 0.6) is 0 Å². The first-order valence-corrected chi connectivity index (χ1v) is 6.30. The number of nitrogens with zero attached hydrogens (tertiary/aromatic N) is 1. The first kappa shape index (κ1) is 14.6. The summed E-state index contributed by atoms with van der Waals surface area (Å²) in [5, 5.41) is 8.65. The number of rotatable bonds is 3. The van der Waals surface area contributed by atoms with Crippen LogP contribution >= 0.6 is 15.9 Å². The molecular weight excluding hydrogens is 339 g/mol. The monoisotopic (exact) mass is 347 g/mol. The second-order valence-electron chi connectivity index (χ2n) is 3.98. The number of aromatic amines is 1. The van der Waals surface area contributed by atoms with Crippen molar-refractivity contribution in [2.75, 3.05) is 0 Å². The summed E-state index contributed by atoms with van der Waals surface area (Å²) >= 11 is 2.96. The Morgan fingerprint density at radius 3 is 2.75 bits per heavy atom. The number of carbonyl (C=O) groups excluding carboxylic acids is 1. The molecule has 0 bridgehead atoms. The summed E-state index contributed by atoms with van der Waals surface area (Å²) in [6, 6.07) is 3.41. The number of halogens is 4. The third kappa shape index (κ3) is 3.38. The molecule has 0 saturated heterocycles. The third-order valence-electron chi connectivity index (χ3n) is 2.54. The van der Waals surface area contributed by atoms with E-state index in [2.05, 4.69) is 31.4 Å². The van der Waals surface area contributed by atoms with Crippen molar-refractivity contribution in [2.45, 2.75) is 12.7 Å². The van der Waals surface area contributed by atoms with Crippen LogP contribution in [0.3, 0.4) is 0 Å². The highest BCUT2D eigenvalue weighted by Gasteiger charge is 2.35. The second kappa shape index (κ2) is 5.66. The van der Waals surface area contributed by atoms with Gasteiger partial charge in [-0.1, -0.05) is 15.9 Å². The molecule has 8 heteroatoms. The van der Waals surface area contributed by atoms with E-state index in [1.165, 1.54) is 12.3 Å². The lowest BCUT2D eigenvalue weighted by Crippen LogP contribution is -2.25. The molecular formula is C12H9BrF3N3O. The third-order valence-corrected chi connectivity index (χ3v) is 3.03. The number of nitrogens with one attached hydrogen (secondary N) is 2. The van der Waals surface area contributed by atoms with Crippen molar-refractivity contribution >= 4 is 21.8 Å². The van der Waals surface area contributed by atoms with Crippen LogP contribution in [-0.2, 0) is 12.7 Å². The van der Waals surface area contributed by atoms with E-state index < -0.39 is 23.2 Å². The quantitative estimate of drug-likeness (QED) is 0.896. The molecule has 2 rings (SSSR count). The number of benzene rings is 1. The summed E-state index contributed by atoms with van der Waals surface area (Å²) in [6.45, 7) is 0.0999. The standard InChI is InChI=1S/C12H9BrF3N3O/c13-8-1-2-9(10(3-8)12(14,15)16)11(20)17-4-7-5-18-19-6-7/h1-3,5-6H,4H2,(H,17,20)(H,18,19). The predicted octanol–water partition coefficient (Wildman–Crippen LogP) is 3.12. The fourth-order valence-electron chi connectivity index (χ4n) is 1.60. The normalized spacial score (nSPS) is 11.4. The lowest BCUT2D eigenvalue weighted by atomic mass is 10.1. The van der Waals surface area contributed by atoms with Gasteiger partial charge >= 0.3 is 6.18 Å². The van der Waals surface area contributed by atoms with Crippen molar-refractivity contribution < 1.29 is 18.0 Å². The lowest BCUT2D eigenvalue weighted by molar-refractivity contribution is -0.138. The van der Waals surface area contributed by atoms with Gasteiger partial charge < -0.3 is 5.32 Å². The molecule has 0 spiro atoms. The molecule has 2 aromatic rings. The molecule has 20 heavy (non-hydrogen) atoms. The van der Waals surface area contributed by atoms with Crippen LogP contribution in [0.2, 0.25) is 0 Å². The molecule has 0 fully saturated rings. The second-order valence-corrected chi connectivity index (χ2v) is 4.89. The molecule has 106 valence electrons. The number of aromatic nitrogens is 2. The van der Waals surface area contributed by atoms with Crippen LogP contribution in [0.4, 0.5) is 13.2 Å². The molecule has 1 amide bonds. The minimum Gasteiger partial charge on any atom is -0.348 e. The fourth-order valence-corrected chi connectivity index (χ4v) is 1.96. The molecule has 0 saturated carbocycles. The van der Waals surface area contributed by atoms with Crippen molar-refractivity contribution in [3.05, 3.63) is 51.8 Å². The number of amides is 1. The van der Waals surface area contributed by atoms with E-state index in [1.807, 2.05) is 0 Å². The molecule has 1 aromatic carbocycles. The summed E-state index contributed by atoms with van der Waals surface area (Å²) in [6.07, 6.45) is -1.56. The molecule has 0 atom stereocenters. The highest BCUT2D eigenvalue weighted by atomic mass is 79.9. The predicted molar refractivity (Wildman–Crippen MR) is 68.9 cm³/mol. The Kier molecular flexibility index (Phi) is 4.12. The Balaban J connectivity index is 2.21. The van der Waals surface area contributed by atoms with Crippen LogP contribution < -0.4 is 5.32 Å². The summed E-state index contributed by atoms with van der Waals surface area (Å²) in [7, 11) is 0. The zero-order chi connectivity index (χ0) is 14.8. The SMILES string of the molecule is O=C(NCc1cn[nH]c1)c1ccc(Br)cc1C(F)(F)F. The smallest absolute Gasteiger partial charge is 0.348 e. The number of H-pyrrole nitrogens is 1. The Morgan fingerprint density at radius 2 is 2.15 bits per heavy atom. The maximum absolute atomic E-state index is 12.9. The van der Waals surface area contributed by atoms with Gasteiger partial charge in [0.25, 0.3) is 5.91 Å². The van der Waals surface area contributed by atoms with Crippen LogP contribution in [0.1, 0.15) is 21.5 Å². The topological polar surface area (TPSA) is 57.8 Å². The number of hydrogen-bond donors (Lipinski definition) is 2. The van der Waals surface area contributed by atoms with Crippen molar-refractivity contribution in [2.24, 2.45) is 0 Å². The van der Waals surface area contributed by atoms with Gasteiger partial charge in [0.05, 0.1) is 17.3 Å². The van der Waals surface area contributed by atoms with Crippen molar-refractivity contribution in [3.63, 3.8) is 0 Å². The van der Waals surface area contributed by atoms with Gasteiger partial charge in [-0.3, -0.25) is 9.89 Å². The molecule has 0 unspecified atom stereocenters. The Morgan fingerprint density at radius 1 is 1.40 bits per heavy atom. The summed E-state index contributed by atoms with van der Waals surface area (Å²) in [4.78, 5) is 11.9. The number of carbonyl (C=O) groups is 1. The average molecular weight is 348 g/mol. The average Bonchev–Trinajstić information content (AvgIpc) is 2.88. The van der Waals surface area contributed by atoms with Crippen LogP contribution in [-0.4, -0.2) is 16.1 Å². The van der Waals surface area contributed by atoms with Crippen molar-refractivity contribution in [3.8, 4) is 0 Å². The highest BCUT2D eigenvalue weighted by molar-refractivity contribution is 9.10. The van der Waals surface area contributed by atoms with Crippen LogP contribution in [0.25, 0.3) is 0 Å². The van der Waals surface area contributed by atoms with Gasteiger partial charge in [-0.05, 0) is 18.2 Å². The molecule has 0 aliphatic rings. The Labute approximate surface area is 120 Å². The zero-order valence-electron chi connectivity index (χ0n) is 9.96. The fraction of sp³-hybridized carbons (Fsp3) is 0.167. The lowest BCUT2D eigenvalue weighted by Gasteiger charge is -2.13. The zero-order valence-corrected chi connectivity index (χ0v) is 11.5. The van der Waals surface area contributed by atoms with Gasteiger partial charge in [-0.25, -0.2) is 0 Å². The number of alkyl halides is 3. The molecule has 0 aliphatic heterocycles. The minimum atomic E-state index is -4.59. The van der Waals surface area contributed by atoms with Gasteiger partial charge in [0, 0.05) is 22.8 Å². The van der Waals surface area contributed by atoms with Gasteiger partial charge in [0.15, 0.2) is 0 Å². The van der Waals surface area contributed by atoms with Crippen LogP contribution in [0.15, 0.2) is 35.1 Å². The minimum absolute atomic E-state index is 0.0999. The largest absolute Gasteiger partial charge is 0.417 e. The van der Waals surface area contributed by atoms with Gasteiger partial charge in [-0.15, -0.1) is 0 Å². The van der Waals surface area contributed by atoms with E-state index in [0.29, 0.717) is 5.56 Å². The summed E-state index contributed by atoms with van der Waals surface area (Å²) < 4.78 is 38.9. The maximum atomic E-state index is 12.9. The first-order chi connectivity index (χ1) is 9.38. The number of hydrogen-bond acceptors (Lipinski definition) is 2. The maximum Gasteiger partial charge on any atom is 0.417 e. The van der Waals surface area contributed by atoms with Crippen molar-refractivity contribution in [1.29, 1.82) is 0 Å². The van der Waals surface area contributed by atoms with Crippen molar-refractivity contribution in [1.82, 2.24) is 15.5 Å². The molecule has 0 radical (unpaired) electrons. The molecule has 1 heterocycles. The Hall–Kier alpha value is -1.83. The Bertz CT molecular complexity index is 611. The van der Waals surface area contributed by atoms with Gasteiger partial charge in [0.1, 0.15) is 0 Å². The van der Waals surface area contributed by atoms with Gasteiger partial charge in [-0.2, -0.15) is 18.3 Å². The molecule has 2 N–H and O–H groups in total.